The zero-order valence-electron chi connectivity index (χ0n) is 64.8. The van der Waals surface area contributed by atoms with Gasteiger partial charge in [-0.15, -0.1) is 0 Å². The minimum absolute atomic E-state index is 0.107. The number of carbonyl (C=O) groups is 4. The number of unbranched alkanes of at least 4 members (excludes halogenated alkanes) is 48. The van der Waals surface area contributed by atoms with Crippen LogP contribution in [0.1, 0.15) is 420 Å². The van der Waals surface area contributed by atoms with Gasteiger partial charge in [-0.2, -0.15) is 0 Å². The van der Waals surface area contributed by atoms with Crippen molar-refractivity contribution in [3.8, 4) is 0 Å². The molecule has 19 heteroatoms. The van der Waals surface area contributed by atoms with E-state index in [-0.39, 0.29) is 25.7 Å². The van der Waals surface area contributed by atoms with Crippen LogP contribution in [0.3, 0.4) is 0 Å². The van der Waals surface area contributed by atoms with E-state index in [2.05, 4.69) is 41.5 Å². The molecule has 0 radical (unpaired) electrons. The van der Waals surface area contributed by atoms with E-state index in [0.717, 1.165) is 102 Å². The summed E-state index contributed by atoms with van der Waals surface area (Å²) in [6, 6.07) is 0. The fourth-order valence-electron chi connectivity index (χ4n) is 12.3. The summed E-state index contributed by atoms with van der Waals surface area (Å²) >= 11 is 0. The summed E-state index contributed by atoms with van der Waals surface area (Å²) in [6.45, 7) is 9.63. The highest BCUT2D eigenvalue weighted by Crippen LogP contribution is 2.45. The number of esters is 4. The van der Waals surface area contributed by atoms with Crippen molar-refractivity contribution in [2.75, 3.05) is 39.6 Å². The summed E-state index contributed by atoms with van der Waals surface area (Å²) in [5.74, 6) is -0.559. The van der Waals surface area contributed by atoms with Gasteiger partial charge in [-0.05, 0) is 37.5 Å². The minimum Gasteiger partial charge on any atom is -0.462 e. The van der Waals surface area contributed by atoms with E-state index >= 15 is 0 Å². The van der Waals surface area contributed by atoms with Crippen molar-refractivity contribution in [2.45, 2.75) is 439 Å². The van der Waals surface area contributed by atoms with E-state index in [1.54, 1.807) is 0 Å². The van der Waals surface area contributed by atoms with Crippen LogP contribution in [-0.4, -0.2) is 96.7 Å². The molecule has 0 heterocycles. The summed E-state index contributed by atoms with van der Waals surface area (Å²) in [5, 5.41) is 10.6. The first kappa shape index (κ1) is 97.1. The van der Waals surface area contributed by atoms with Crippen LogP contribution in [0.15, 0.2) is 0 Å². The highest BCUT2D eigenvalue weighted by atomic mass is 31.2. The number of carbonyl (C=O) groups excluding carboxylic acids is 4. The third-order valence-electron chi connectivity index (χ3n) is 19.1. The number of phosphoric ester groups is 2. The van der Waals surface area contributed by atoms with E-state index < -0.39 is 97.5 Å². The molecule has 0 spiro atoms. The van der Waals surface area contributed by atoms with Crippen molar-refractivity contribution in [3.05, 3.63) is 0 Å². The lowest BCUT2D eigenvalue weighted by molar-refractivity contribution is -0.161. The first-order chi connectivity index (χ1) is 47.9. The standard InChI is InChI=1S/C80H156O17P2/c1-7-10-12-14-16-18-20-22-23-24-25-26-31-34-38-44-50-56-62-77(82)90-68-75(96-80(85)65-59-53-46-40-36-32-28-27-30-33-37-43-49-55-61-73(6)9-3)70-94-98(86,87)92-66-74(81)67-93-99(88,89)95-71-76(69-91-78(83)63-57-51-47-41-42-48-54-60-72(4)5)97-79(84)64-58-52-45-39-35-29-21-19-17-15-13-11-8-2/h72-76,81H,7-71H2,1-6H3,(H,86,87)(H,88,89)/t73?,74-,75-,76-/m1/s1. The van der Waals surface area contributed by atoms with Gasteiger partial charge in [-0.1, -0.05) is 369 Å². The molecule has 0 aromatic carbocycles. The molecule has 0 fully saturated rings. The lowest BCUT2D eigenvalue weighted by Crippen LogP contribution is -2.30. The predicted octanol–water partition coefficient (Wildman–Crippen LogP) is 23.9. The molecule has 6 atom stereocenters. The van der Waals surface area contributed by atoms with Crippen molar-refractivity contribution in [3.63, 3.8) is 0 Å². The van der Waals surface area contributed by atoms with Gasteiger partial charge in [0.25, 0.3) is 0 Å². The van der Waals surface area contributed by atoms with Crippen molar-refractivity contribution in [2.24, 2.45) is 11.8 Å². The molecule has 0 aliphatic rings. The molecule has 3 unspecified atom stereocenters. The Labute approximate surface area is 607 Å². The van der Waals surface area contributed by atoms with Gasteiger partial charge in [0.2, 0.25) is 0 Å². The second-order valence-electron chi connectivity index (χ2n) is 29.5. The van der Waals surface area contributed by atoms with Crippen molar-refractivity contribution in [1.29, 1.82) is 0 Å². The van der Waals surface area contributed by atoms with E-state index in [0.29, 0.717) is 31.6 Å². The first-order valence-corrected chi connectivity index (χ1v) is 44.5. The molecular formula is C80H156O17P2. The SMILES string of the molecule is CCCCCCCCCCCCCCCCCCCCC(=O)OC[C@H](COP(=O)(O)OC[C@@H](O)COP(=O)(O)OC[C@@H](COC(=O)CCCCCCCCCC(C)C)OC(=O)CCCCCCCCCCCCCCC)OC(=O)CCCCCCCCCCCCCCCCC(C)CC. The predicted molar refractivity (Wildman–Crippen MR) is 405 cm³/mol. The number of rotatable bonds is 79. The quantitative estimate of drug-likeness (QED) is 0.0222. The zero-order chi connectivity index (χ0) is 72.8. The summed E-state index contributed by atoms with van der Waals surface area (Å²) in [7, 11) is -9.92. The summed E-state index contributed by atoms with van der Waals surface area (Å²) in [6.07, 6.45) is 61.0. The van der Waals surface area contributed by atoms with Gasteiger partial charge >= 0.3 is 39.5 Å². The molecule has 0 aliphatic heterocycles. The number of hydrogen-bond donors (Lipinski definition) is 3. The summed E-state index contributed by atoms with van der Waals surface area (Å²) in [4.78, 5) is 73.0. The zero-order valence-corrected chi connectivity index (χ0v) is 66.6. The van der Waals surface area contributed by atoms with Gasteiger partial charge in [0.1, 0.15) is 19.3 Å². The van der Waals surface area contributed by atoms with E-state index in [4.69, 9.17) is 37.0 Å². The Kier molecular flexibility index (Phi) is 70.3. The average Bonchev–Trinajstić information content (AvgIpc) is 0.971. The van der Waals surface area contributed by atoms with E-state index in [9.17, 15) is 43.2 Å². The Morgan fingerprint density at radius 2 is 0.515 bits per heavy atom. The maximum Gasteiger partial charge on any atom is 0.472 e. The van der Waals surface area contributed by atoms with Crippen LogP contribution in [0.4, 0.5) is 0 Å². The normalized spacial score (nSPS) is 14.2. The number of phosphoric acid groups is 2. The number of ether oxygens (including phenoxy) is 4. The summed E-state index contributed by atoms with van der Waals surface area (Å²) < 4.78 is 68.7. The lowest BCUT2D eigenvalue weighted by atomic mass is 9.99. The molecule has 0 amide bonds. The van der Waals surface area contributed by atoms with Crippen LogP contribution in [0.5, 0.6) is 0 Å². The minimum atomic E-state index is -4.96. The topological polar surface area (TPSA) is 237 Å². The Hall–Kier alpha value is -1.94. The van der Waals surface area contributed by atoms with Gasteiger partial charge in [0, 0.05) is 25.7 Å². The van der Waals surface area contributed by atoms with Crippen molar-refractivity contribution in [1.82, 2.24) is 0 Å². The fourth-order valence-corrected chi connectivity index (χ4v) is 13.9. The second kappa shape index (κ2) is 71.7. The molecule has 0 saturated heterocycles. The molecule has 3 N–H and O–H groups in total. The molecule has 99 heavy (non-hydrogen) atoms. The largest absolute Gasteiger partial charge is 0.472 e. The highest BCUT2D eigenvalue weighted by Gasteiger charge is 2.30. The van der Waals surface area contributed by atoms with Crippen molar-refractivity contribution < 1.29 is 80.2 Å². The van der Waals surface area contributed by atoms with E-state index in [1.165, 1.54) is 231 Å². The van der Waals surface area contributed by atoms with Crippen molar-refractivity contribution >= 4 is 39.5 Å². The van der Waals surface area contributed by atoms with Gasteiger partial charge in [0.05, 0.1) is 26.4 Å². The van der Waals surface area contributed by atoms with Crippen LogP contribution in [0, 0.1) is 11.8 Å². The van der Waals surface area contributed by atoms with Gasteiger partial charge in [0.15, 0.2) is 12.2 Å². The van der Waals surface area contributed by atoms with Crippen LogP contribution < -0.4 is 0 Å². The Bertz CT molecular complexity index is 1910. The maximum atomic E-state index is 13.1. The molecule has 0 rings (SSSR count). The molecular weight excluding hydrogens is 1290 g/mol. The average molecular weight is 1450 g/mol. The first-order valence-electron chi connectivity index (χ1n) is 41.5. The molecule has 0 aromatic rings. The maximum absolute atomic E-state index is 13.1. The monoisotopic (exact) mass is 1450 g/mol. The third-order valence-corrected chi connectivity index (χ3v) is 21.0. The molecule has 588 valence electrons. The number of aliphatic hydroxyl groups is 1. The summed E-state index contributed by atoms with van der Waals surface area (Å²) in [5.41, 5.74) is 0. The van der Waals surface area contributed by atoms with Crippen LogP contribution in [-0.2, 0) is 65.4 Å². The lowest BCUT2D eigenvalue weighted by Gasteiger charge is -2.21. The molecule has 0 bridgehead atoms. The molecule has 0 saturated carbocycles. The Morgan fingerprint density at radius 3 is 0.768 bits per heavy atom. The third kappa shape index (κ3) is 72.8. The molecule has 17 nitrogen and oxygen atoms in total. The highest BCUT2D eigenvalue weighted by molar-refractivity contribution is 7.47. The van der Waals surface area contributed by atoms with Gasteiger partial charge < -0.3 is 33.8 Å². The second-order valence-corrected chi connectivity index (χ2v) is 32.4. The number of aliphatic hydroxyl groups excluding tert-OH is 1. The molecule has 0 aliphatic carbocycles. The smallest absolute Gasteiger partial charge is 0.462 e. The van der Waals surface area contributed by atoms with E-state index in [1.807, 2.05) is 0 Å². The van der Waals surface area contributed by atoms with Gasteiger partial charge in [-0.25, -0.2) is 9.13 Å². The van der Waals surface area contributed by atoms with Crippen LogP contribution in [0.2, 0.25) is 0 Å². The number of hydrogen-bond acceptors (Lipinski definition) is 15. The fraction of sp³-hybridized carbons (Fsp3) is 0.950. The Morgan fingerprint density at radius 1 is 0.293 bits per heavy atom. The van der Waals surface area contributed by atoms with Crippen LogP contribution >= 0.6 is 15.6 Å². The Balaban J connectivity index is 5.24. The van der Waals surface area contributed by atoms with Gasteiger partial charge in [-0.3, -0.25) is 37.3 Å². The van der Waals surface area contributed by atoms with Crippen LogP contribution in [0.25, 0.3) is 0 Å². The molecule has 0 aromatic heterocycles.